The predicted molar refractivity (Wildman–Crippen MR) is 127 cm³/mol. The minimum absolute atomic E-state index is 0.00483. The van der Waals surface area contributed by atoms with Crippen LogP contribution in [0.4, 0.5) is 32.0 Å². The Kier molecular flexibility index (Phi) is 7.82. The van der Waals surface area contributed by atoms with Crippen molar-refractivity contribution in [2.45, 2.75) is 49.9 Å². The number of rotatable bonds is 7. The van der Waals surface area contributed by atoms with Gasteiger partial charge in [-0.1, -0.05) is 18.2 Å². The first-order valence-electron chi connectivity index (χ1n) is 11.9. The number of methoxy groups -OCH3 is 1. The monoisotopic (exact) mass is 557 g/mol. The van der Waals surface area contributed by atoms with Gasteiger partial charge >= 0.3 is 12.4 Å². The van der Waals surface area contributed by atoms with Gasteiger partial charge in [0.25, 0.3) is 5.60 Å². The SMILES string of the molecule is COc1cccc(O[C@H]2CCc3cc(C(O)(C(F)(F)F)C(F)(F)F)ccc3N(C(=O)CCn3ccnc3)C2)c1. The molecule has 13 heteroatoms. The Labute approximate surface area is 219 Å². The topological polar surface area (TPSA) is 76.8 Å². The molecule has 2 heterocycles. The van der Waals surface area contributed by atoms with Gasteiger partial charge in [0, 0.05) is 42.7 Å². The van der Waals surface area contributed by atoms with Crippen molar-refractivity contribution in [3.05, 3.63) is 72.3 Å². The summed E-state index contributed by atoms with van der Waals surface area (Å²) in [6.07, 6.45) is -7.84. The molecule has 0 aliphatic carbocycles. The number of anilines is 1. The van der Waals surface area contributed by atoms with E-state index >= 15 is 0 Å². The minimum Gasteiger partial charge on any atom is -0.497 e. The first-order valence-corrected chi connectivity index (χ1v) is 11.9. The second-order valence-electron chi connectivity index (χ2n) is 9.06. The normalized spacial score (nSPS) is 16.4. The standard InChI is InChI=1S/C26H25F6N3O4/c1-38-19-3-2-4-20(14-19)39-21-7-5-17-13-18(24(37,25(27,28)29)26(30,31)32)6-8-22(17)35(15-21)23(36)9-11-34-12-10-33-16-34/h2-4,6,8,10,12-14,16,21,37H,5,7,9,11,15H2,1H3/t21-/m0/s1. The van der Waals surface area contributed by atoms with Gasteiger partial charge in [0.05, 0.1) is 20.0 Å². The van der Waals surface area contributed by atoms with Gasteiger partial charge in [-0.05, 0) is 36.6 Å². The number of ether oxygens (including phenoxy) is 2. The van der Waals surface area contributed by atoms with E-state index in [1.165, 1.54) is 24.5 Å². The number of aliphatic hydroxyl groups is 1. The van der Waals surface area contributed by atoms with Crippen LogP contribution in [0.2, 0.25) is 0 Å². The van der Waals surface area contributed by atoms with Crippen LogP contribution in [-0.2, 0) is 23.4 Å². The molecule has 1 aromatic heterocycles. The molecule has 2 aromatic carbocycles. The molecule has 0 saturated heterocycles. The summed E-state index contributed by atoms with van der Waals surface area (Å²) < 4.78 is 94.1. The Morgan fingerprint density at radius 2 is 1.79 bits per heavy atom. The molecule has 1 atom stereocenters. The Balaban J connectivity index is 1.69. The summed E-state index contributed by atoms with van der Waals surface area (Å²) in [5.41, 5.74) is -6.25. The Hall–Kier alpha value is -3.74. The molecule has 0 bridgehead atoms. The molecule has 1 amide bonds. The zero-order chi connectivity index (χ0) is 28.4. The quantitative estimate of drug-likeness (QED) is 0.413. The fourth-order valence-electron chi connectivity index (χ4n) is 4.45. The maximum Gasteiger partial charge on any atom is 0.430 e. The van der Waals surface area contributed by atoms with Gasteiger partial charge in [0.2, 0.25) is 5.91 Å². The second kappa shape index (κ2) is 10.8. The van der Waals surface area contributed by atoms with Crippen LogP contribution in [0.15, 0.2) is 61.2 Å². The summed E-state index contributed by atoms with van der Waals surface area (Å²) in [5.74, 6) is 0.516. The third-order valence-corrected chi connectivity index (χ3v) is 6.52. The highest BCUT2D eigenvalue weighted by atomic mass is 19.4. The van der Waals surface area contributed by atoms with Gasteiger partial charge in [-0.3, -0.25) is 4.79 Å². The highest BCUT2D eigenvalue weighted by molar-refractivity contribution is 5.94. The molecule has 0 saturated carbocycles. The summed E-state index contributed by atoms with van der Waals surface area (Å²) in [6.45, 7) is 0.251. The van der Waals surface area contributed by atoms with Crippen molar-refractivity contribution in [1.29, 1.82) is 0 Å². The molecule has 0 unspecified atom stereocenters. The van der Waals surface area contributed by atoms with Gasteiger partial charge < -0.3 is 24.0 Å². The van der Waals surface area contributed by atoms with Gasteiger partial charge in [0.1, 0.15) is 17.6 Å². The van der Waals surface area contributed by atoms with E-state index in [-0.39, 0.29) is 43.6 Å². The lowest BCUT2D eigenvalue weighted by molar-refractivity contribution is -0.376. The van der Waals surface area contributed by atoms with E-state index in [9.17, 15) is 36.2 Å². The van der Waals surface area contributed by atoms with Crippen molar-refractivity contribution in [3.63, 3.8) is 0 Å². The maximum atomic E-state index is 13.5. The van der Waals surface area contributed by atoms with E-state index < -0.39 is 35.5 Å². The third kappa shape index (κ3) is 5.82. The number of carbonyl (C=O) groups excluding carboxylic acids is 1. The molecule has 0 spiro atoms. The van der Waals surface area contributed by atoms with Crippen molar-refractivity contribution in [2.24, 2.45) is 0 Å². The van der Waals surface area contributed by atoms with E-state index in [4.69, 9.17) is 9.47 Å². The summed E-state index contributed by atoms with van der Waals surface area (Å²) >= 11 is 0. The smallest absolute Gasteiger partial charge is 0.430 e. The van der Waals surface area contributed by atoms with Crippen molar-refractivity contribution in [1.82, 2.24) is 9.55 Å². The lowest BCUT2D eigenvalue weighted by atomic mass is 9.89. The number of benzene rings is 2. The van der Waals surface area contributed by atoms with E-state index in [1.807, 2.05) is 0 Å². The van der Waals surface area contributed by atoms with Crippen LogP contribution >= 0.6 is 0 Å². The molecule has 3 aromatic rings. The zero-order valence-electron chi connectivity index (χ0n) is 20.7. The van der Waals surface area contributed by atoms with E-state index in [0.29, 0.717) is 23.6 Å². The highest BCUT2D eigenvalue weighted by Gasteiger charge is 2.71. The van der Waals surface area contributed by atoms with Crippen molar-refractivity contribution in [2.75, 3.05) is 18.6 Å². The molecule has 1 aliphatic heterocycles. The van der Waals surface area contributed by atoms with Crippen molar-refractivity contribution < 1.29 is 45.7 Å². The number of carbonyl (C=O) groups is 1. The average molecular weight is 557 g/mol. The number of aromatic nitrogens is 2. The number of hydrogen-bond donors (Lipinski definition) is 1. The first-order chi connectivity index (χ1) is 18.3. The highest BCUT2D eigenvalue weighted by Crippen LogP contribution is 2.50. The number of imidazole rings is 1. The van der Waals surface area contributed by atoms with Crippen LogP contribution in [-0.4, -0.2) is 52.7 Å². The fourth-order valence-corrected chi connectivity index (χ4v) is 4.45. The molecular weight excluding hydrogens is 532 g/mol. The molecule has 1 aliphatic rings. The van der Waals surface area contributed by atoms with Crippen LogP contribution in [0.1, 0.15) is 24.0 Å². The Bertz CT molecular complexity index is 1280. The lowest BCUT2D eigenvalue weighted by Gasteiger charge is -2.33. The molecule has 7 nitrogen and oxygen atoms in total. The number of aryl methyl sites for hydroxylation is 2. The van der Waals surface area contributed by atoms with E-state index in [1.54, 1.807) is 35.0 Å². The molecule has 39 heavy (non-hydrogen) atoms. The second-order valence-corrected chi connectivity index (χ2v) is 9.06. The largest absolute Gasteiger partial charge is 0.497 e. The number of hydrogen-bond acceptors (Lipinski definition) is 5. The first kappa shape index (κ1) is 28.3. The Morgan fingerprint density at radius 3 is 2.44 bits per heavy atom. The van der Waals surface area contributed by atoms with Crippen LogP contribution in [0.25, 0.3) is 0 Å². The predicted octanol–water partition coefficient (Wildman–Crippen LogP) is 5.02. The molecule has 4 rings (SSSR count). The molecule has 0 fully saturated rings. The third-order valence-electron chi connectivity index (χ3n) is 6.52. The lowest BCUT2D eigenvalue weighted by Crippen LogP contribution is -2.54. The number of halogens is 6. The van der Waals surface area contributed by atoms with Crippen LogP contribution in [0.5, 0.6) is 11.5 Å². The van der Waals surface area contributed by atoms with Gasteiger partial charge in [0.15, 0.2) is 0 Å². The fraction of sp³-hybridized carbons (Fsp3) is 0.385. The summed E-state index contributed by atoms with van der Waals surface area (Å²) in [6, 6.07) is 8.90. The van der Waals surface area contributed by atoms with Gasteiger partial charge in [-0.25, -0.2) is 4.98 Å². The Morgan fingerprint density at radius 1 is 1.08 bits per heavy atom. The number of nitrogens with zero attached hydrogens (tertiary/aromatic N) is 3. The number of amides is 1. The minimum atomic E-state index is -6.03. The summed E-state index contributed by atoms with van der Waals surface area (Å²) in [4.78, 5) is 18.5. The van der Waals surface area contributed by atoms with Gasteiger partial charge in [-0.15, -0.1) is 0 Å². The van der Waals surface area contributed by atoms with E-state index in [2.05, 4.69) is 4.98 Å². The van der Waals surface area contributed by atoms with Crippen molar-refractivity contribution >= 4 is 11.6 Å². The molecular formula is C26H25F6N3O4. The number of fused-ring (bicyclic) bond motifs is 1. The van der Waals surface area contributed by atoms with Crippen LogP contribution in [0.3, 0.4) is 0 Å². The summed E-state index contributed by atoms with van der Waals surface area (Å²) in [5, 5.41) is 9.91. The van der Waals surface area contributed by atoms with Crippen molar-refractivity contribution in [3.8, 4) is 11.5 Å². The number of alkyl halides is 6. The van der Waals surface area contributed by atoms with E-state index in [0.717, 1.165) is 6.07 Å². The van der Waals surface area contributed by atoms with Crippen LogP contribution < -0.4 is 14.4 Å². The summed E-state index contributed by atoms with van der Waals surface area (Å²) in [7, 11) is 1.47. The average Bonchev–Trinajstić information content (AvgIpc) is 3.34. The molecule has 210 valence electrons. The maximum absolute atomic E-state index is 13.5. The zero-order valence-corrected chi connectivity index (χ0v) is 20.7. The van der Waals surface area contributed by atoms with Crippen LogP contribution in [0, 0.1) is 0 Å². The van der Waals surface area contributed by atoms with Gasteiger partial charge in [-0.2, -0.15) is 26.3 Å². The molecule has 0 radical (unpaired) electrons. The molecule has 1 N–H and O–H groups in total.